The fourth-order valence-electron chi connectivity index (χ4n) is 4.49. The quantitative estimate of drug-likeness (QED) is 0.387. The van der Waals surface area contributed by atoms with Crippen molar-refractivity contribution in [3.05, 3.63) is 72.2 Å². The van der Waals surface area contributed by atoms with Crippen LogP contribution in [0.3, 0.4) is 0 Å². The van der Waals surface area contributed by atoms with Crippen LogP contribution in [0.5, 0.6) is 5.88 Å². The SMILES string of the molecule is C.COc1ncc(-c2ccc3ncnc(-c4cccc(C(=O)N5CCOC(C)(C)C5)c4)c3c2)cc1C#N. The van der Waals surface area contributed by atoms with Crippen molar-refractivity contribution in [1.82, 2.24) is 19.9 Å². The number of morpholine rings is 1. The van der Waals surface area contributed by atoms with Crippen LogP contribution in [0.2, 0.25) is 0 Å². The molecule has 1 aliphatic heterocycles. The van der Waals surface area contributed by atoms with Crippen molar-refractivity contribution in [2.45, 2.75) is 26.9 Å². The Hall–Kier alpha value is -4.35. The van der Waals surface area contributed by atoms with E-state index in [1.165, 1.54) is 13.4 Å². The van der Waals surface area contributed by atoms with Crippen LogP contribution in [-0.2, 0) is 4.74 Å². The molecule has 1 fully saturated rings. The Morgan fingerprint density at radius 3 is 2.68 bits per heavy atom. The summed E-state index contributed by atoms with van der Waals surface area (Å²) >= 11 is 0. The highest BCUT2D eigenvalue weighted by atomic mass is 16.5. The molecular formula is C29H29N5O3. The van der Waals surface area contributed by atoms with E-state index in [1.54, 1.807) is 12.3 Å². The Morgan fingerprint density at radius 2 is 1.92 bits per heavy atom. The molecule has 0 aliphatic carbocycles. The summed E-state index contributed by atoms with van der Waals surface area (Å²) < 4.78 is 10.9. The average Bonchev–Trinajstić information content (AvgIpc) is 2.91. The Balaban J connectivity index is 0.00000320. The van der Waals surface area contributed by atoms with Gasteiger partial charge < -0.3 is 14.4 Å². The number of pyridine rings is 1. The molecule has 0 atom stereocenters. The lowest BCUT2D eigenvalue weighted by molar-refractivity contribution is -0.0764. The van der Waals surface area contributed by atoms with Gasteiger partial charge in [0.2, 0.25) is 5.88 Å². The fraction of sp³-hybridized carbons (Fsp3) is 0.276. The van der Waals surface area contributed by atoms with Gasteiger partial charge in [0.1, 0.15) is 18.0 Å². The Bertz CT molecular complexity index is 1510. The van der Waals surface area contributed by atoms with E-state index >= 15 is 0 Å². The third-order valence-electron chi connectivity index (χ3n) is 6.23. The molecule has 1 amide bonds. The highest BCUT2D eigenvalue weighted by molar-refractivity contribution is 5.98. The molecule has 0 N–H and O–H groups in total. The predicted molar refractivity (Wildman–Crippen MR) is 142 cm³/mol. The summed E-state index contributed by atoms with van der Waals surface area (Å²) in [6.45, 7) is 5.60. The van der Waals surface area contributed by atoms with Crippen LogP contribution in [0, 0.1) is 11.3 Å². The number of nitriles is 1. The molecule has 2 aromatic carbocycles. The molecule has 0 saturated carbocycles. The van der Waals surface area contributed by atoms with Crippen molar-refractivity contribution in [2.75, 3.05) is 26.8 Å². The maximum Gasteiger partial charge on any atom is 0.254 e. The van der Waals surface area contributed by atoms with Crippen molar-refractivity contribution in [1.29, 1.82) is 5.26 Å². The van der Waals surface area contributed by atoms with Crippen LogP contribution in [0.25, 0.3) is 33.3 Å². The number of fused-ring (bicyclic) bond motifs is 1. The number of hydrogen-bond donors (Lipinski definition) is 0. The Morgan fingerprint density at radius 1 is 1.08 bits per heavy atom. The summed E-state index contributed by atoms with van der Waals surface area (Å²) in [4.78, 5) is 28.4. The first-order valence-electron chi connectivity index (χ1n) is 11.6. The number of carbonyl (C=O) groups is 1. The summed E-state index contributed by atoms with van der Waals surface area (Å²) in [6.07, 6.45) is 3.20. The van der Waals surface area contributed by atoms with E-state index in [2.05, 4.69) is 21.0 Å². The van der Waals surface area contributed by atoms with Gasteiger partial charge in [-0.05, 0) is 49.7 Å². The molecule has 188 valence electrons. The normalized spacial score (nSPS) is 14.5. The van der Waals surface area contributed by atoms with Gasteiger partial charge in [0.25, 0.3) is 5.91 Å². The van der Waals surface area contributed by atoms with Gasteiger partial charge >= 0.3 is 0 Å². The molecule has 3 heterocycles. The third kappa shape index (κ3) is 5.13. The Kier molecular flexibility index (Phi) is 7.18. The summed E-state index contributed by atoms with van der Waals surface area (Å²) in [5.41, 5.74) is 4.56. The molecule has 37 heavy (non-hydrogen) atoms. The molecule has 8 nitrogen and oxygen atoms in total. The maximum absolute atomic E-state index is 13.3. The van der Waals surface area contributed by atoms with Crippen molar-refractivity contribution in [3.63, 3.8) is 0 Å². The molecule has 0 bridgehead atoms. The molecule has 2 aromatic heterocycles. The van der Waals surface area contributed by atoms with Gasteiger partial charge in [-0.1, -0.05) is 25.6 Å². The highest BCUT2D eigenvalue weighted by Crippen LogP contribution is 2.31. The second kappa shape index (κ2) is 10.3. The monoisotopic (exact) mass is 495 g/mol. The summed E-state index contributed by atoms with van der Waals surface area (Å²) in [5.74, 6) is 0.261. The van der Waals surface area contributed by atoms with Gasteiger partial charge in [0.05, 0.1) is 30.5 Å². The predicted octanol–water partition coefficient (Wildman–Crippen LogP) is 5.13. The summed E-state index contributed by atoms with van der Waals surface area (Å²) in [5, 5.41) is 10.3. The van der Waals surface area contributed by atoms with Crippen molar-refractivity contribution >= 4 is 16.8 Å². The minimum absolute atomic E-state index is 0. The van der Waals surface area contributed by atoms with Gasteiger partial charge in [-0.15, -0.1) is 0 Å². The number of carbonyl (C=O) groups excluding carboxylic acids is 1. The topological polar surface area (TPSA) is 101 Å². The van der Waals surface area contributed by atoms with Crippen LogP contribution in [0.4, 0.5) is 0 Å². The van der Waals surface area contributed by atoms with E-state index in [-0.39, 0.29) is 24.8 Å². The fourth-order valence-corrected chi connectivity index (χ4v) is 4.49. The van der Waals surface area contributed by atoms with Gasteiger partial charge in [-0.2, -0.15) is 5.26 Å². The number of nitrogens with zero attached hydrogens (tertiary/aromatic N) is 5. The number of benzene rings is 2. The van der Waals surface area contributed by atoms with Crippen LogP contribution >= 0.6 is 0 Å². The lowest BCUT2D eigenvalue weighted by Gasteiger charge is -2.38. The molecule has 0 unspecified atom stereocenters. The van der Waals surface area contributed by atoms with E-state index in [0.717, 1.165) is 33.3 Å². The van der Waals surface area contributed by atoms with Gasteiger partial charge in [0.15, 0.2) is 0 Å². The second-order valence-electron chi connectivity index (χ2n) is 9.26. The zero-order valence-electron chi connectivity index (χ0n) is 20.4. The first kappa shape index (κ1) is 25.7. The minimum atomic E-state index is -0.369. The smallest absolute Gasteiger partial charge is 0.254 e. The number of rotatable bonds is 4. The molecular weight excluding hydrogens is 466 g/mol. The maximum atomic E-state index is 13.3. The molecule has 0 radical (unpaired) electrons. The van der Waals surface area contributed by atoms with E-state index in [9.17, 15) is 10.1 Å². The van der Waals surface area contributed by atoms with Gasteiger partial charge in [0, 0.05) is 41.4 Å². The molecule has 1 aliphatic rings. The highest BCUT2D eigenvalue weighted by Gasteiger charge is 2.30. The third-order valence-corrected chi connectivity index (χ3v) is 6.23. The Labute approximate surface area is 216 Å². The zero-order valence-corrected chi connectivity index (χ0v) is 20.4. The number of methoxy groups -OCH3 is 1. The molecule has 0 spiro atoms. The number of ether oxygens (including phenoxy) is 2. The van der Waals surface area contributed by atoms with E-state index < -0.39 is 0 Å². The standard InChI is InChI=1S/C28H25N5O3.CH4/c1-28(2)16-33(9-10-36-28)27(34)20-6-4-5-19(11-20)25-23-13-18(7-8-24(23)31-17-32-25)22-12-21(14-29)26(35-3)30-15-22;/h4-8,11-13,15,17H,9-10,16H2,1-3H3;1H4. The lowest BCUT2D eigenvalue weighted by atomic mass is 9.99. The molecule has 4 aromatic rings. The summed E-state index contributed by atoms with van der Waals surface area (Å²) in [6, 6.07) is 17.2. The largest absolute Gasteiger partial charge is 0.480 e. The van der Waals surface area contributed by atoms with Gasteiger partial charge in [-0.3, -0.25) is 4.79 Å². The van der Waals surface area contributed by atoms with Crippen LogP contribution < -0.4 is 4.74 Å². The molecule has 5 rings (SSSR count). The number of aromatic nitrogens is 3. The zero-order chi connectivity index (χ0) is 25.3. The van der Waals surface area contributed by atoms with Gasteiger partial charge in [-0.25, -0.2) is 15.0 Å². The first-order chi connectivity index (χ1) is 17.4. The minimum Gasteiger partial charge on any atom is -0.480 e. The van der Waals surface area contributed by atoms with Crippen molar-refractivity contribution in [3.8, 4) is 34.3 Å². The van der Waals surface area contributed by atoms with E-state index in [1.807, 2.05) is 61.2 Å². The van der Waals surface area contributed by atoms with Crippen molar-refractivity contribution in [2.24, 2.45) is 0 Å². The number of amides is 1. The van der Waals surface area contributed by atoms with E-state index in [0.29, 0.717) is 30.8 Å². The molecule has 1 saturated heterocycles. The first-order valence-corrected chi connectivity index (χ1v) is 11.6. The van der Waals surface area contributed by atoms with Crippen LogP contribution in [-0.4, -0.2) is 58.2 Å². The van der Waals surface area contributed by atoms with Crippen LogP contribution in [0.15, 0.2) is 61.1 Å². The summed E-state index contributed by atoms with van der Waals surface area (Å²) in [7, 11) is 1.49. The van der Waals surface area contributed by atoms with Crippen LogP contribution in [0.1, 0.15) is 37.2 Å². The average molecular weight is 496 g/mol. The lowest BCUT2D eigenvalue weighted by Crippen LogP contribution is -2.50. The van der Waals surface area contributed by atoms with Crippen molar-refractivity contribution < 1.29 is 14.3 Å². The molecule has 8 heteroatoms. The second-order valence-corrected chi connectivity index (χ2v) is 9.26. The van der Waals surface area contributed by atoms with E-state index in [4.69, 9.17) is 9.47 Å². The number of hydrogen-bond acceptors (Lipinski definition) is 7.